The molecule has 0 spiro atoms. The molecular weight excluding hydrogens is 412 g/mol. The summed E-state index contributed by atoms with van der Waals surface area (Å²) in [5, 5.41) is 0.455. The summed E-state index contributed by atoms with van der Waals surface area (Å²) in [6.45, 7) is 2.73. The number of halogens is 1. The van der Waals surface area contributed by atoms with Crippen LogP contribution in [0.2, 0.25) is 5.02 Å². The molecule has 0 radical (unpaired) electrons. The van der Waals surface area contributed by atoms with Crippen LogP contribution in [0.1, 0.15) is 42.5 Å². The third-order valence-corrected chi connectivity index (χ3v) is 6.56. The molecule has 2 atom stereocenters. The largest absolute Gasteiger partial charge is 0.490 e. The molecule has 0 aromatic heterocycles. The van der Waals surface area contributed by atoms with Crippen LogP contribution in [0.5, 0.6) is 5.75 Å². The number of ether oxygens (including phenoxy) is 1. The van der Waals surface area contributed by atoms with E-state index in [0.29, 0.717) is 36.5 Å². The number of nitrogens with zero attached hydrogens (tertiary/aromatic N) is 2. The quantitative estimate of drug-likeness (QED) is 0.679. The number of benzene rings is 2. The zero-order valence-corrected chi connectivity index (χ0v) is 18.5. The highest BCUT2D eigenvalue weighted by molar-refractivity contribution is 6.33. The van der Waals surface area contributed by atoms with Crippen molar-refractivity contribution >= 4 is 23.4 Å². The van der Waals surface area contributed by atoms with E-state index in [9.17, 15) is 9.59 Å². The molecule has 31 heavy (non-hydrogen) atoms. The highest BCUT2D eigenvalue weighted by atomic mass is 35.5. The fraction of sp³-hybridized carbons (Fsp3) is 0.440. The van der Waals surface area contributed by atoms with Crippen LogP contribution in [0.3, 0.4) is 0 Å². The lowest BCUT2D eigenvalue weighted by Gasteiger charge is -2.39. The molecule has 5 nitrogen and oxygen atoms in total. The lowest BCUT2D eigenvalue weighted by atomic mass is 9.90. The first-order valence-electron chi connectivity index (χ1n) is 11.1. The van der Waals surface area contributed by atoms with E-state index in [0.717, 1.165) is 31.7 Å². The molecule has 2 aliphatic rings. The Bertz CT molecular complexity index is 899. The second-order valence-corrected chi connectivity index (χ2v) is 8.80. The number of hydrogen-bond acceptors (Lipinski definition) is 3. The monoisotopic (exact) mass is 440 g/mol. The van der Waals surface area contributed by atoms with Crippen molar-refractivity contribution in [1.82, 2.24) is 9.80 Å². The number of hydrogen-bond donors (Lipinski definition) is 0. The standard InChI is InChI=1S/C25H29ClN2O3/c26-22-12-6-5-11-21(22)25(30)28-16-13-23(31-20-9-3-1-4-10-20)19(18-28)17-24(29)27-14-7-2-8-15-27/h1,3-6,9-12,19,23H,2,7-8,13-18H2/t19-,23-/m0/s1. The zero-order valence-electron chi connectivity index (χ0n) is 17.7. The van der Waals surface area contributed by atoms with Gasteiger partial charge < -0.3 is 14.5 Å². The third kappa shape index (κ3) is 5.40. The van der Waals surface area contributed by atoms with Crippen LogP contribution in [0.4, 0.5) is 0 Å². The van der Waals surface area contributed by atoms with Crippen LogP contribution in [-0.4, -0.2) is 53.9 Å². The van der Waals surface area contributed by atoms with Gasteiger partial charge in [-0.25, -0.2) is 0 Å². The average molecular weight is 441 g/mol. The number of carbonyl (C=O) groups is 2. The summed E-state index contributed by atoms with van der Waals surface area (Å²) in [6.07, 6.45) is 4.29. The van der Waals surface area contributed by atoms with E-state index in [1.807, 2.05) is 52.3 Å². The van der Waals surface area contributed by atoms with E-state index in [4.69, 9.17) is 16.3 Å². The first-order chi connectivity index (χ1) is 15.1. The molecule has 0 saturated carbocycles. The highest BCUT2D eigenvalue weighted by Crippen LogP contribution is 2.28. The minimum absolute atomic E-state index is 0.0604. The van der Waals surface area contributed by atoms with Gasteiger partial charge in [0.1, 0.15) is 11.9 Å². The van der Waals surface area contributed by atoms with Gasteiger partial charge in [0.25, 0.3) is 5.91 Å². The van der Waals surface area contributed by atoms with Gasteiger partial charge in [-0.1, -0.05) is 41.9 Å². The number of amides is 2. The molecule has 2 saturated heterocycles. The van der Waals surface area contributed by atoms with E-state index < -0.39 is 0 Å². The summed E-state index contributed by atoms with van der Waals surface area (Å²) >= 11 is 6.26. The molecule has 164 valence electrons. The molecule has 2 fully saturated rings. The summed E-state index contributed by atoms with van der Waals surface area (Å²) < 4.78 is 6.28. The molecule has 2 amide bonds. The van der Waals surface area contributed by atoms with Crippen molar-refractivity contribution in [1.29, 1.82) is 0 Å². The highest BCUT2D eigenvalue weighted by Gasteiger charge is 2.36. The molecule has 2 aromatic rings. The normalized spacial score (nSPS) is 21.6. The average Bonchev–Trinajstić information content (AvgIpc) is 2.81. The van der Waals surface area contributed by atoms with Crippen LogP contribution in [0, 0.1) is 5.92 Å². The van der Waals surface area contributed by atoms with Gasteiger partial charge in [0.15, 0.2) is 0 Å². The first kappa shape index (κ1) is 21.7. The first-order valence-corrected chi connectivity index (χ1v) is 11.5. The SMILES string of the molecule is O=C(C[C@H]1CN(C(=O)c2ccccc2Cl)CC[C@@H]1Oc1ccccc1)N1CCCCC1. The van der Waals surface area contributed by atoms with Gasteiger partial charge in [-0.2, -0.15) is 0 Å². The van der Waals surface area contributed by atoms with Crippen molar-refractivity contribution in [2.24, 2.45) is 5.92 Å². The molecule has 0 unspecified atom stereocenters. The number of carbonyl (C=O) groups excluding carboxylic acids is 2. The second kappa shape index (κ2) is 10.2. The van der Waals surface area contributed by atoms with Gasteiger partial charge in [0.05, 0.1) is 10.6 Å². The molecule has 0 N–H and O–H groups in total. The van der Waals surface area contributed by atoms with Crippen LogP contribution in [0.25, 0.3) is 0 Å². The van der Waals surface area contributed by atoms with Crippen molar-refractivity contribution in [2.75, 3.05) is 26.2 Å². The summed E-state index contributed by atoms with van der Waals surface area (Å²) in [4.78, 5) is 29.9. The van der Waals surface area contributed by atoms with Crippen LogP contribution < -0.4 is 4.74 Å². The van der Waals surface area contributed by atoms with Gasteiger partial charge in [-0.3, -0.25) is 9.59 Å². The summed E-state index contributed by atoms with van der Waals surface area (Å²) in [7, 11) is 0. The topological polar surface area (TPSA) is 49.9 Å². The van der Waals surface area contributed by atoms with Crippen LogP contribution >= 0.6 is 11.6 Å². The Labute approximate surface area is 188 Å². The van der Waals surface area contributed by atoms with Crippen LogP contribution in [-0.2, 0) is 4.79 Å². The number of likely N-dealkylation sites (tertiary alicyclic amines) is 2. The predicted molar refractivity (Wildman–Crippen MR) is 121 cm³/mol. The minimum Gasteiger partial charge on any atom is -0.490 e. The molecule has 4 rings (SSSR count). The molecular formula is C25H29ClN2O3. The lowest BCUT2D eigenvalue weighted by molar-refractivity contribution is -0.134. The smallest absolute Gasteiger partial charge is 0.255 e. The van der Waals surface area contributed by atoms with E-state index in [1.54, 1.807) is 12.1 Å². The Morgan fingerprint density at radius 2 is 1.61 bits per heavy atom. The molecule has 2 heterocycles. The maximum atomic E-state index is 13.1. The summed E-state index contributed by atoms with van der Waals surface area (Å²) in [5.74, 6) is 0.821. The fourth-order valence-corrected chi connectivity index (χ4v) is 4.74. The lowest BCUT2D eigenvalue weighted by Crippen LogP contribution is -2.50. The van der Waals surface area contributed by atoms with Crippen molar-refractivity contribution < 1.29 is 14.3 Å². The van der Waals surface area contributed by atoms with Gasteiger partial charge in [0.2, 0.25) is 5.91 Å². The molecule has 0 bridgehead atoms. The van der Waals surface area contributed by atoms with Gasteiger partial charge in [-0.15, -0.1) is 0 Å². The Morgan fingerprint density at radius 3 is 2.35 bits per heavy atom. The summed E-state index contributed by atoms with van der Waals surface area (Å²) in [5.41, 5.74) is 0.507. The number of rotatable bonds is 5. The summed E-state index contributed by atoms with van der Waals surface area (Å²) in [6, 6.07) is 16.8. The van der Waals surface area contributed by atoms with E-state index >= 15 is 0 Å². The Morgan fingerprint density at radius 1 is 0.903 bits per heavy atom. The maximum Gasteiger partial charge on any atom is 0.255 e. The van der Waals surface area contributed by atoms with Gasteiger partial charge in [0, 0.05) is 44.9 Å². The molecule has 0 aliphatic carbocycles. The molecule has 2 aromatic carbocycles. The van der Waals surface area contributed by atoms with Crippen molar-refractivity contribution in [3.05, 3.63) is 65.2 Å². The minimum atomic E-state index is -0.105. The molecule has 2 aliphatic heterocycles. The van der Waals surface area contributed by atoms with Crippen molar-refractivity contribution in [3.8, 4) is 5.75 Å². The third-order valence-electron chi connectivity index (χ3n) is 6.23. The number of piperidine rings is 2. The molecule has 6 heteroatoms. The zero-order chi connectivity index (χ0) is 21.6. The van der Waals surface area contributed by atoms with Gasteiger partial charge >= 0.3 is 0 Å². The van der Waals surface area contributed by atoms with Crippen molar-refractivity contribution in [2.45, 2.75) is 38.2 Å². The van der Waals surface area contributed by atoms with Crippen molar-refractivity contribution in [3.63, 3.8) is 0 Å². The second-order valence-electron chi connectivity index (χ2n) is 8.39. The number of para-hydroxylation sites is 1. The Kier molecular flexibility index (Phi) is 7.13. The van der Waals surface area contributed by atoms with Gasteiger partial charge in [-0.05, 0) is 43.5 Å². The van der Waals surface area contributed by atoms with E-state index in [1.165, 1.54) is 6.42 Å². The predicted octanol–water partition coefficient (Wildman–Crippen LogP) is 4.65. The van der Waals surface area contributed by atoms with E-state index in [-0.39, 0.29) is 23.8 Å². The van der Waals surface area contributed by atoms with Crippen LogP contribution in [0.15, 0.2) is 54.6 Å². The Hall–Kier alpha value is -2.53. The Balaban J connectivity index is 1.49. The maximum absolute atomic E-state index is 13.1. The fourth-order valence-electron chi connectivity index (χ4n) is 4.52. The van der Waals surface area contributed by atoms with E-state index in [2.05, 4.69) is 0 Å².